The van der Waals surface area contributed by atoms with Gasteiger partial charge in [0.05, 0.1) is 40.7 Å². The molecule has 0 saturated carbocycles. The van der Waals surface area contributed by atoms with Crippen LogP contribution in [0, 0.1) is 5.92 Å². The summed E-state index contributed by atoms with van der Waals surface area (Å²) in [5.74, 6) is -0.682. The fourth-order valence-electron chi connectivity index (χ4n) is 3.75. The molecule has 3 aromatic rings. The number of nitrogen functional groups attached to an aromatic ring is 1. The molecule has 10 heteroatoms. The highest BCUT2D eigenvalue weighted by Crippen LogP contribution is 2.33. The molecule has 1 aliphatic heterocycles. The number of hydrogen-bond acceptors (Lipinski definition) is 6. The lowest BCUT2D eigenvalue weighted by Gasteiger charge is -2.38. The number of carbonyl (C=O) groups excluding carboxylic acids is 2. The van der Waals surface area contributed by atoms with Crippen LogP contribution in [-0.4, -0.2) is 48.2 Å². The molecule has 146 valence electrons. The normalized spacial score (nSPS) is 19.7. The minimum absolute atomic E-state index is 0.182. The zero-order valence-corrected chi connectivity index (χ0v) is 15.7. The van der Waals surface area contributed by atoms with E-state index in [1.807, 2.05) is 13.1 Å². The molecule has 0 aromatic carbocycles. The molecule has 4 rings (SSSR count). The summed E-state index contributed by atoms with van der Waals surface area (Å²) >= 11 is 0. The van der Waals surface area contributed by atoms with Crippen LogP contribution in [0.15, 0.2) is 24.7 Å². The van der Waals surface area contributed by atoms with E-state index in [0.29, 0.717) is 34.9 Å². The Labute approximate surface area is 161 Å². The molecule has 1 saturated heterocycles. The number of amides is 2. The SMILES string of the molecule is C[C@@H]1CC[C@H](c2ccnn2C)N(C(=O)C(=O)Nc2cnc(N)c3cn[nH]c23)C1. The van der Waals surface area contributed by atoms with Gasteiger partial charge >= 0.3 is 11.8 Å². The monoisotopic (exact) mass is 382 g/mol. The van der Waals surface area contributed by atoms with E-state index in [9.17, 15) is 9.59 Å². The number of aromatic nitrogens is 5. The van der Waals surface area contributed by atoms with Crippen molar-refractivity contribution in [1.82, 2.24) is 29.9 Å². The number of H-pyrrole nitrogens is 1. The van der Waals surface area contributed by atoms with Crippen molar-refractivity contribution in [1.29, 1.82) is 0 Å². The van der Waals surface area contributed by atoms with E-state index in [4.69, 9.17) is 5.73 Å². The Morgan fingerprint density at radius 1 is 1.32 bits per heavy atom. The van der Waals surface area contributed by atoms with Gasteiger partial charge in [-0.1, -0.05) is 6.92 Å². The molecule has 0 radical (unpaired) electrons. The van der Waals surface area contributed by atoms with Crippen LogP contribution in [0.2, 0.25) is 0 Å². The van der Waals surface area contributed by atoms with Crippen LogP contribution in [-0.2, 0) is 16.6 Å². The van der Waals surface area contributed by atoms with Gasteiger partial charge in [0.1, 0.15) is 5.82 Å². The third-order valence-corrected chi connectivity index (χ3v) is 5.24. The molecule has 10 nitrogen and oxygen atoms in total. The van der Waals surface area contributed by atoms with Crippen molar-refractivity contribution in [3.05, 3.63) is 30.4 Å². The number of anilines is 2. The molecular formula is C18H22N8O2. The quantitative estimate of drug-likeness (QED) is 0.570. The highest BCUT2D eigenvalue weighted by Gasteiger charge is 2.35. The van der Waals surface area contributed by atoms with Crippen molar-refractivity contribution in [2.24, 2.45) is 13.0 Å². The molecule has 3 aromatic heterocycles. The summed E-state index contributed by atoms with van der Waals surface area (Å²) in [5, 5.41) is 14.1. The Kier molecular flexibility index (Phi) is 4.46. The minimum atomic E-state index is -0.719. The second kappa shape index (κ2) is 6.95. The number of aromatic amines is 1. The van der Waals surface area contributed by atoms with Gasteiger partial charge in [0.15, 0.2) is 0 Å². The molecule has 28 heavy (non-hydrogen) atoms. The number of nitrogens with two attached hydrogens (primary N) is 1. The third-order valence-electron chi connectivity index (χ3n) is 5.24. The van der Waals surface area contributed by atoms with Crippen molar-refractivity contribution >= 4 is 34.2 Å². The lowest BCUT2D eigenvalue weighted by Crippen LogP contribution is -2.47. The summed E-state index contributed by atoms with van der Waals surface area (Å²) in [7, 11) is 1.84. The number of likely N-dealkylation sites (tertiary alicyclic amines) is 1. The maximum absolute atomic E-state index is 13.0. The number of carbonyl (C=O) groups is 2. The van der Waals surface area contributed by atoms with Gasteiger partial charge in [-0.2, -0.15) is 10.2 Å². The summed E-state index contributed by atoms with van der Waals surface area (Å²) in [5.41, 5.74) is 7.62. The van der Waals surface area contributed by atoms with E-state index in [-0.39, 0.29) is 6.04 Å². The molecule has 0 bridgehead atoms. The topological polar surface area (TPSA) is 135 Å². The van der Waals surface area contributed by atoms with Crippen LogP contribution in [0.4, 0.5) is 11.5 Å². The summed E-state index contributed by atoms with van der Waals surface area (Å²) in [6, 6.07) is 1.70. The summed E-state index contributed by atoms with van der Waals surface area (Å²) in [4.78, 5) is 31.5. The Morgan fingerprint density at radius 2 is 2.14 bits per heavy atom. The lowest BCUT2D eigenvalue weighted by molar-refractivity contribution is -0.146. The number of pyridine rings is 1. The van der Waals surface area contributed by atoms with Gasteiger partial charge in [-0.3, -0.25) is 19.4 Å². The molecule has 4 N–H and O–H groups in total. The fraction of sp³-hybridized carbons (Fsp3) is 0.389. The largest absolute Gasteiger partial charge is 0.383 e. The van der Waals surface area contributed by atoms with Gasteiger partial charge in [0, 0.05) is 19.8 Å². The number of fused-ring (bicyclic) bond motifs is 1. The average Bonchev–Trinajstić information content (AvgIpc) is 3.33. The zero-order chi connectivity index (χ0) is 19.8. The van der Waals surface area contributed by atoms with Gasteiger partial charge < -0.3 is 16.0 Å². The highest BCUT2D eigenvalue weighted by atomic mass is 16.2. The summed E-state index contributed by atoms with van der Waals surface area (Å²) in [6.07, 6.45) is 6.41. The first kappa shape index (κ1) is 18.0. The molecule has 0 aliphatic carbocycles. The number of piperidine rings is 1. The molecule has 4 heterocycles. The van der Waals surface area contributed by atoms with E-state index in [0.717, 1.165) is 18.5 Å². The first-order chi connectivity index (χ1) is 13.5. The van der Waals surface area contributed by atoms with Crippen molar-refractivity contribution < 1.29 is 9.59 Å². The number of nitrogens with zero attached hydrogens (tertiary/aromatic N) is 5. The van der Waals surface area contributed by atoms with Gasteiger partial charge in [-0.25, -0.2) is 4.98 Å². The van der Waals surface area contributed by atoms with Gasteiger partial charge in [-0.15, -0.1) is 0 Å². The van der Waals surface area contributed by atoms with E-state index < -0.39 is 11.8 Å². The van der Waals surface area contributed by atoms with Crippen molar-refractivity contribution in [3.63, 3.8) is 0 Å². The van der Waals surface area contributed by atoms with Crippen molar-refractivity contribution in [2.45, 2.75) is 25.8 Å². The van der Waals surface area contributed by atoms with Crippen molar-refractivity contribution in [3.8, 4) is 0 Å². The predicted octanol–water partition coefficient (Wildman–Crippen LogP) is 1.21. The Balaban J connectivity index is 1.59. The number of nitrogens with one attached hydrogen (secondary N) is 2. The lowest BCUT2D eigenvalue weighted by atomic mass is 9.92. The standard InChI is InChI=1S/C18H22N8O2/c1-10-3-4-14(13-5-6-22-25(13)2)26(9-10)18(28)17(27)23-12-8-20-16(19)11-7-21-24-15(11)12/h5-8,10,14H,3-4,9H2,1-2H3,(H2,19,20)(H,21,24)(H,23,27)/t10-,14-/m1/s1. The molecule has 2 amide bonds. The zero-order valence-electron chi connectivity index (χ0n) is 15.7. The first-order valence-electron chi connectivity index (χ1n) is 9.13. The molecule has 1 aliphatic rings. The smallest absolute Gasteiger partial charge is 0.314 e. The van der Waals surface area contributed by atoms with E-state index in [1.165, 1.54) is 12.4 Å². The van der Waals surface area contributed by atoms with Crippen LogP contribution < -0.4 is 11.1 Å². The summed E-state index contributed by atoms with van der Waals surface area (Å²) < 4.78 is 1.75. The summed E-state index contributed by atoms with van der Waals surface area (Å²) in [6.45, 7) is 2.59. The second-order valence-electron chi connectivity index (χ2n) is 7.21. The van der Waals surface area contributed by atoms with Crippen LogP contribution in [0.1, 0.15) is 31.5 Å². The predicted molar refractivity (Wildman–Crippen MR) is 103 cm³/mol. The van der Waals surface area contributed by atoms with Crippen LogP contribution >= 0.6 is 0 Å². The second-order valence-corrected chi connectivity index (χ2v) is 7.21. The fourth-order valence-corrected chi connectivity index (χ4v) is 3.75. The van der Waals surface area contributed by atoms with Crippen molar-refractivity contribution in [2.75, 3.05) is 17.6 Å². The van der Waals surface area contributed by atoms with E-state index >= 15 is 0 Å². The van der Waals surface area contributed by atoms with Gasteiger partial charge in [0.25, 0.3) is 0 Å². The third kappa shape index (κ3) is 3.06. The molecule has 0 unspecified atom stereocenters. The Bertz CT molecular complexity index is 1040. The van der Waals surface area contributed by atoms with Gasteiger partial charge in [0.2, 0.25) is 0 Å². The number of hydrogen-bond donors (Lipinski definition) is 3. The first-order valence-corrected chi connectivity index (χ1v) is 9.13. The molecular weight excluding hydrogens is 360 g/mol. The Morgan fingerprint density at radius 3 is 2.89 bits per heavy atom. The maximum atomic E-state index is 13.0. The maximum Gasteiger partial charge on any atom is 0.314 e. The highest BCUT2D eigenvalue weighted by molar-refractivity contribution is 6.40. The minimum Gasteiger partial charge on any atom is -0.383 e. The van der Waals surface area contributed by atoms with Crippen LogP contribution in [0.5, 0.6) is 0 Å². The molecule has 1 fully saturated rings. The number of aryl methyl sites for hydroxylation is 1. The van der Waals surface area contributed by atoms with E-state index in [2.05, 4.69) is 32.5 Å². The number of rotatable bonds is 2. The molecule has 0 spiro atoms. The van der Waals surface area contributed by atoms with Crippen LogP contribution in [0.3, 0.4) is 0 Å². The van der Waals surface area contributed by atoms with Crippen LogP contribution in [0.25, 0.3) is 10.9 Å². The molecule has 2 atom stereocenters. The Hall–Kier alpha value is -3.43. The van der Waals surface area contributed by atoms with E-state index in [1.54, 1.807) is 15.8 Å². The van der Waals surface area contributed by atoms with Gasteiger partial charge in [-0.05, 0) is 24.8 Å². The average molecular weight is 382 g/mol.